The molecule has 0 aliphatic heterocycles. The van der Waals surface area contributed by atoms with Gasteiger partial charge in [0.1, 0.15) is 0 Å². The summed E-state index contributed by atoms with van der Waals surface area (Å²) in [5.74, 6) is 0.798. The lowest BCUT2D eigenvalue weighted by atomic mass is 10.1. The SMILES string of the molecule is CCNCc1sc2ccccc2c1COCC1CCCC1. The van der Waals surface area contributed by atoms with Crippen molar-refractivity contribution in [3.05, 3.63) is 34.7 Å². The highest BCUT2D eigenvalue weighted by molar-refractivity contribution is 7.19. The Balaban J connectivity index is 1.71. The number of hydrogen-bond donors (Lipinski definition) is 1. The Morgan fingerprint density at radius 1 is 1.24 bits per heavy atom. The second-order valence-corrected chi connectivity index (χ2v) is 7.08. The Morgan fingerprint density at radius 3 is 2.86 bits per heavy atom. The number of nitrogens with one attached hydrogen (secondary N) is 1. The molecule has 1 N–H and O–H groups in total. The van der Waals surface area contributed by atoms with E-state index < -0.39 is 0 Å². The van der Waals surface area contributed by atoms with Crippen LogP contribution in [0, 0.1) is 5.92 Å². The van der Waals surface area contributed by atoms with E-state index in [-0.39, 0.29) is 0 Å². The van der Waals surface area contributed by atoms with Crippen LogP contribution < -0.4 is 5.32 Å². The van der Waals surface area contributed by atoms with Crippen molar-refractivity contribution in [2.75, 3.05) is 13.2 Å². The van der Waals surface area contributed by atoms with Crippen LogP contribution in [0.4, 0.5) is 0 Å². The summed E-state index contributed by atoms with van der Waals surface area (Å²) in [5.41, 5.74) is 1.40. The third kappa shape index (κ3) is 3.65. The van der Waals surface area contributed by atoms with Crippen LogP contribution >= 0.6 is 11.3 Å². The fraction of sp³-hybridized carbons (Fsp3) is 0.556. The van der Waals surface area contributed by atoms with Gasteiger partial charge < -0.3 is 10.1 Å². The van der Waals surface area contributed by atoms with Gasteiger partial charge in [0.05, 0.1) is 6.61 Å². The highest BCUT2D eigenvalue weighted by Gasteiger charge is 2.16. The molecule has 3 rings (SSSR count). The molecule has 0 atom stereocenters. The van der Waals surface area contributed by atoms with Gasteiger partial charge in [-0.2, -0.15) is 0 Å². The smallest absolute Gasteiger partial charge is 0.0734 e. The minimum Gasteiger partial charge on any atom is -0.376 e. The number of fused-ring (bicyclic) bond motifs is 1. The monoisotopic (exact) mass is 303 g/mol. The van der Waals surface area contributed by atoms with E-state index in [0.717, 1.165) is 32.2 Å². The zero-order valence-corrected chi connectivity index (χ0v) is 13.7. The number of rotatable bonds is 7. The third-order valence-electron chi connectivity index (χ3n) is 4.39. The maximum Gasteiger partial charge on any atom is 0.0734 e. The molecule has 1 aromatic carbocycles. The van der Waals surface area contributed by atoms with Crippen molar-refractivity contribution in [3.63, 3.8) is 0 Å². The quantitative estimate of drug-likeness (QED) is 0.799. The minimum atomic E-state index is 0.765. The fourth-order valence-electron chi connectivity index (χ4n) is 3.19. The summed E-state index contributed by atoms with van der Waals surface area (Å²) in [4.78, 5) is 1.43. The summed E-state index contributed by atoms with van der Waals surface area (Å²) >= 11 is 1.90. The topological polar surface area (TPSA) is 21.3 Å². The number of benzene rings is 1. The molecule has 1 saturated carbocycles. The normalized spacial score (nSPS) is 16.0. The van der Waals surface area contributed by atoms with Crippen molar-refractivity contribution in [3.8, 4) is 0 Å². The van der Waals surface area contributed by atoms with Crippen molar-refractivity contribution >= 4 is 21.4 Å². The maximum atomic E-state index is 6.07. The summed E-state index contributed by atoms with van der Waals surface area (Å²) in [5, 5.41) is 4.83. The average molecular weight is 303 g/mol. The van der Waals surface area contributed by atoms with Crippen LogP contribution in [0.15, 0.2) is 24.3 Å². The second kappa shape index (κ2) is 7.39. The molecular formula is C18H25NOS. The molecule has 1 fully saturated rings. The van der Waals surface area contributed by atoms with Crippen LogP contribution in [-0.2, 0) is 17.9 Å². The lowest BCUT2D eigenvalue weighted by Crippen LogP contribution is -2.12. The molecule has 0 spiro atoms. The van der Waals surface area contributed by atoms with Gasteiger partial charge in [-0.15, -0.1) is 11.3 Å². The number of thiophene rings is 1. The molecule has 2 aromatic rings. The maximum absolute atomic E-state index is 6.07. The van der Waals surface area contributed by atoms with Gasteiger partial charge in [-0.05, 0) is 36.8 Å². The van der Waals surface area contributed by atoms with E-state index in [2.05, 4.69) is 36.5 Å². The zero-order chi connectivity index (χ0) is 14.5. The Hall–Kier alpha value is -0.900. The Kier molecular flexibility index (Phi) is 5.28. The second-order valence-electron chi connectivity index (χ2n) is 5.95. The minimum absolute atomic E-state index is 0.765. The molecule has 2 nitrogen and oxygen atoms in total. The van der Waals surface area contributed by atoms with Gasteiger partial charge in [0.25, 0.3) is 0 Å². The summed E-state index contributed by atoms with van der Waals surface area (Å²) in [6.07, 6.45) is 5.49. The van der Waals surface area contributed by atoms with Crippen molar-refractivity contribution in [2.45, 2.75) is 45.8 Å². The number of ether oxygens (including phenoxy) is 1. The Morgan fingerprint density at radius 2 is 2.05 bits per heavy atom. The van der Waals surface area contributed by atoms with E-state index >= 15 is 0 Å². The van der Waals surface area contributed by atoms with Gasteiger partial charge in [-0.25, -0.2) is 0 Å². The molecule has 0 radical (unpaired) electrons. The Bertz CT molecular complexity index is 572. The summed E-state index contributed by atoms with van der Waals surface area (Å²) in [6, 6.07) is 8.71. The van der Waals surface area contributed by atoms with Crippen LogP contribution in [0.1, 0.15) is 43.0 Å². The van der Waals surface area contributed by atoms with Gasteiger partial charge in [-0.3, -0.25) is 0 Å². The standard InChI is InChI=1S/C18H25NOS/c1-2-19-11-18-16(13-20-12-14-7-3-4-8-14)15-9-5-6-10-17(15)21-18/h5-6,9-10,14,19H,2-4,7-8,11-13H2,1H3. The summed E-state index contributed by atoms with van der Waals surface area (Å²) in [7, 11) is 0. The molecule has 0 bridgehead atoms. The van der Waals surface area contributed by atoms with Crippen LogP contribution in [0.5, 0.6) is 0 Å². The van der Waals surface area contributed by atoms with E-state index in [1.165, 1.54) is 46.2 Å². The number of hydrogen-bond acceptors (Lipinski definition) is 3. The molecule has 0 saturated heterocycles. The van der Waals surface area contributed by atoms with E-state index in [1.807, 2.05) is 11.3 Å². The van der Waals surface area contributed by atoms with Crippen LogP contribution in [0.3, 0.4) is 0 Å². The first kappa shape index (κ1) is 15.0. The van der Waals surface area contributed by atoms with Crippen LogP contribution in [-0.4, -0.2) is 13.2 Å². The molecule has 1 aliphatic carbocycles. The molecule has 0 amide bonds. The zero-order valence-electron chi connectivity index (χ0n) is 12.9. The van der Waals surface area contributed by atoms with Gasteiger partial charge in [0.2, 0.25) is 0 Å². The first-order chi connectivity index (χ1) is 10.4. The van der Waals surface area contributed by atoms with Crippen molar-refractivity contribution < 1.29 is 4.74 Å². The summed E-state index contributed by atoms with van der Waals surface area (Å²) < 4.78 is 7.45. The van der Waals surface area contributed by atoms with E-state index in [0.29, 0.717) is 0 Å². The molecule has 1 heterocycles. The Labute approximate surface area is 131 Å². The fourth-order valence-corrected chi connectivity index (χ4v) is 4.37. The lowest BCUT2D eigenvalue weighted by molar-refractivity contribution is 0.0893. The molecule has 21 heavy (non-hydrogen) atoms. The van der Waals surface area contributed by atoms with Gasteiger partial charge >= 0.3 is 0 Å². The molecule has 114 valence electrons. The van der Waals surface area contributed by atoms with E-state index in [1.54, 1.807) is 0 Å². The molecule has 3 heteroatoms. The molecule has 0 unspecified atom stereocenters. The van der Waals surface area contributed by atoms with E-state index in [9.17, 15) is 0 Å². The van der Waals surface area contributed by atoms with Gasteiger partial charge in [0.15, 0.2) is 0 Å². The average Bonchev–Trinajstić information content (AvgIpc) is 3.13. The van der Waals surface area contributed by atoms with Crippen molar-refractivity contribution in [1.82, 2.24) is 5.32 Å². The third-order valence-corrected chi connectivity index (χ3v) is 5.61. The predicted octanol–water partition coefficient (Wildman–Crippen LogP) is 4.72. The predicted molar refractivity (Wildman–Crippen MR) is 90.8 cm³/mol. The molecule has 1 aliphatic rings. The largest absolute Gasteiger partial charge is 0.376 e. The first-order valence-electron chi connectivity index (χ1n) is 8.16. The highest BCUT2D eigenvalue weighted by atomic mass is 32.1. The lowest BCUT2D eigenvalue weighted by Gasteiger charge is -2.11. The summed E-state index contributed by atoms with van der Waals surface area (Å²) in [6.45, 7) is 5.82. The highest BCUT2D eigenvalue weighted by Crippen LogP contribution is 2.32. The van der Waals surface area contributed by atoms with Crippen LogP contribution in [0.2, 0.25) is 0 Å². The van der Waals surface area contributed by atoms with E-state index in [4.69, 9.17) is 4.74 Å². The van der Waals surface area contributed by atoms with Gasteiger partial charge in [0, 0.05) is 28.3 Å². The van der Waals surface area contributed by atoms with Gasteiger partial charge in [-0.1, -0.05) is 38.0 Å². The molecule has 1 aromatic heterocycles. The van der Waals surface area contributed by atoms with Crippen molar-refractivity contribution in [2.24, 2.45) is 5.92 Å². The van der Waals surface area contributed by atoms with Crippen LogP contribution in [0.25, 0.3) is 10.1 Å². The molecular weight excluding hydrogens is 278 g/mol. The first-order valence-corrected chi connectivity index (χ1v) is 8.98. The van der Waals surface area contributed by atoms with Crippen molar-refractivity contribution in [1.29, 1.82) is 0 Å².